The lowest BCUT2D eigenvalue weighted by atomic mass is 9.55. The number of Topliss-reactive ketones (excluding diaryl/α,β-unsaturated/α-hetero) is 1. The number of nitrogens with zero attached hydrogens (tertiary/aromatic N) is 1. The van der Waals surface area contributed by atoms with E-state index in [9.17, 15) is 19.2 Å². The lowest BCUT2D eigenvalue weighted by Crippen LogP contribution is -2.41. The summed E-state index contributed by atoms with van der Waals surface area (Å²) in [6.07, 6.45) is 0. The van der Waals surface area contributed by atoms with E-state index in [1.54, 1.807) is 24.3 Å². The Balaban J connectivity index is 1.29. The average Bonchev–Trinajstić information content (AvgIpc) is 3.09. The minimum Gasteiger partial charge on any atom is -0.325 e. The van der Waals surface area contributed by atoms with Crippen molar-refractivity contribution >= 4 is 29.2 Å². The number of imide groups is 1. The van der Waals surface area contributed by atoms with Crippen LogP contribution in [0.2, 0.25) is 0 Å². The van der Waals surface area contributed by atoms with Crippen molar-refractivity contribution in [3.05, 3.63) is 101 Å². The van der Waals surface area contributed by atoms with Crippen LogP contribution < -0.4 is 5.32 Å². The number of benzene rings is 3. The lowest BCUT2D eigenvalue weighted by molar-refractivity contribution is -0.142. The number of carbonyl (C=O) groups excluding carboxylic acids is 4. The number of amides is 3. The first-order valence-corrected chi connectivity index (χ1v) is 11.4. The average molecular weight is 450 g/mol. The van der Waals surface area contributed by atoms with Crippen molar-refractivity contribution in [2.45, 2.75) is 18.8 Å². The second kappa shape index (κ2) is 7.48. The minimum atomic E-state index is -0.495. The fraction of sp³-hybridized carbons (Fsp3) is 0.214. The summed E-state index contributed by atoms with van der Waals surface area (Å²) in [5.74, 6) is -2.44. The molecular formula is C28H22N2O4. The number of likely N-dealkylation sites (tertiary alicyclic amines) is 1. The number of ketones is 1. The van der Waals surface area contributed by atoms with Crippen LogP contribution >= 0.6 is 0 Å². The van der Waals surface area contributed by atoms with Gasteiger partial charge < -0.3 is 5.32 Å². The molecular weight excluding hydrogens is 428 g/mol. The molecule has 4 aliphatic rings. The van der Waals surface area contributed by atoms with Crippen molar-refractivity contribution < 1.29 is 19.2 Å². The summed E-state index contributed by atoms with van der Waals surface area (Å²) < 4.78 is 0. The maximum Gasteiger partial charge on any atom is 0.244 e. The molecule has 34 heavy (non-hydrogen) atoms. The van der Waals surface area contributed by atoms with Gasteiger partial charge in [-0.05, 0) is 53.4 Å². The lowest BCUT2D eigenvalue weighted by Gasteiger charge is -2.45. The molecule has 6 heteroatoms. The maximum atomic E-state index is 13.6. The fourth-order valence-electron chi connectivity index (χ4n) is 6.03. The SMILES string of the molecule is CC(=O)c1ccc(NC(=O)CN2C(=O)[C@@H]3C4c5ccccc5C(c5ccccc54)[C@H]3C2=O)cc1. The standard InChI is InChI=1S/C28H22N2O4/c1-15(31)16-10-12-17(13-11-16)29-22(32)14-30-27(33)25-23-18-6-2-3-7-19(18)24(26(25)28(30)34)21-9-5-4-8-20(21)23/h2-13,23-26H,14H2,1H3,(H,29,32)/t23?,24?,25-,26-/m1/s1. The van der Waals surface area contributed by atoms with Crippen LogP contribution in [0.5, 0.6) is 0 Å². The van der Waals surface area contributed by atoms with Crippen LogP contribution in [0.15, 0.2) is 72.8 Å². The number of rotatable bonds is 4. The van der Waals surface area contributed by atoms with Gasteiger partial charge in [-0.15, -0.1) is 0 Å². The van der Waals surface area contributed by atoms with Gasteiger partial charge in [-0.1, -0.05) is 48.5 Å². The Kier molecular flexibility index (Phi) is 4.52. The second-order valence-electron chi connectivity index (χ2n) is 9.21. The molecule has 168 valence electrons. The molecule has 6 nitrogen and oxygen atoms in total. The van der Waals surface area contributed by atoms with Crippen molar-refractivity contribution in [3.8, 4) is 0 Å². The molecule has 3 aromatic carbocycles. The normalized spacial score (nSPS) is 23.9. The summed E-state index contributed by atoms with van der Waals surface area (Å²) in [6.45, 7) is 1.15. The monoisotopic (exact) mass is 450 g/mol. The topological polar surface area (TPSA) is 83.6 Å². The van der Waals surface area contributed by atoms with Crippen molar-refractivity contribution in [3.63, 3.8) is 0 Å². The van der Waals surface area contributed by atoms with Gasteiger partial charge in [-0.2, -0.15) is 0 Å². The molecule has 2 atom stereocenters. The Hall–Kier alpha value is -4.06. The first kappa shape index (κ1) is 20.5. The fourth-order valence-corrected chi connectivity index (χ4v) is 6.03. The highest BCUT2D eigenvalue weighted by Crippen LogP contribution is 2.60. The highest BCUT2D eigenvalue weighted by Gasteiger charge is 2.61. The quantitative estimate of drug-likeness (QED) is 0.485. The molecule has 1 fully saturated rings. The summed E-state index contributed by atoms with van der Waals surface area (Å²) in [5, 5.41) is 2.73. The Morgan fingerprint density at radius 3 is 1.59 bits per heavy atom. The first-order valence-electron chi connectivity index (χ1n) is 11.4. The third-order valence-electron chi connectivity index (χ3n) is 7.42. The number of anilines is 1. The van der Waals surface area contributed by atoms with Gasteiger partial charge in [0.05, 0.1) is 11.8 Å². The van der Waals surface area contributed by atoms with Crippen LogP contribution in [-0.2, 0) is 14.4 Å². The van der Waals surface area contributed by atoms with Crippen LogP contribution in [-0.4, -0.2) is 34.9 Å². The highest BCUT2D eigenvalue weighted by atomic mass is 16.2. The number of carbonyl (C=O) groups is 4. The van der Waals surface area contributed by atoms with Gasteiger partial charge in [-0.3, -0.25) is 24.1 Å². The van der Waals surface area contributed by atoms with Crippen molar-refractivity contribution in [1.82, 2.24) is 4.90 Å². The maximum absolute atomic E-state index is 13.6. The summed E-state index contributed by atoms with van der Waals surface area (Å²) in [7, 11) is 0. The zero-order valence-electron chi connectivity index (χ0n) is 18.5. The smallest absolute Gasteiger partial charge is 0.244 e. The zero-order valence-corrected chi connectivity index (χ0v) is 18.5. The number of hydrogen-bond acceptors (Lipinski definition) is 4. The van der Waals surface area contributed by atoms with Crippen LogP contribution in [0, 0.1) is 11.8 Å². The minimum absolute atomic E-state index is 0.0645. The van der Waals surface area contributed by atoms with Crippen molar-refractivity contribution in [2.24, 2.45) is 11.8 Å². The molecule has 1 N–H and O–H groups in total. The van der Waals surface area contributed by atoms with Crippen LogP contribution in [0.1, 0.15) is 51.4 Å². The largest absolute Gasteiger partial charge is 0.325 e. The summed E-state index contributed by atoms with van der Waals surface area (Å²) in [4.78, 5) is 52.5. The summed E-state index contributed by atoms with van der Waals surface area (Å²) in [5.41, 5.74) is 5.46. The van der Waals surface area contributed by atoms with Gasteiger partial charge in [0, 0.05) is 23.1 Å². The molecule has 0 unspecified atom stereocenters. The Morgan fingerprint density at radius 2 is 1.18 bits per heavy atom. The van der Waals surface area contributed by atoms with Crippen molar-refractivity contribution in [2.75, 3.05) is 11.9 Å². The van der Waals surface area contributed by atoms with E-state index in [1.807, 2.05) is 24.3 Å². The molecule has 1 heterocycles. The molecule has 0 aromatic heterocycles. The van der Waals surface area contributed by atoms with Gasteiger partial charge >= 0.3 is 0 Å². The molecule has 3 aliphatic carbocycles. The second-order valence-corrected chi connectivity index (χ2v) is 9.21. The zero-order chi connectivity index (χ0) is 23.6. The van der Waals surface area contributed by atoms with E-state index in [-0.39, 0.29) is 36.0 Å². The highest BCUT2D eigenvalue weighted by molar-refractivity contribution is 6.10. The predicted molar refractivity (Wildman–Crippen MR) is 125 cm³/mol. The van der Waals surface area contributed by atoms with Crippen LogP contribution in [0.4, 0.5) is 5.69 Å². The van der Waals surface area contributed by atoms with Crippen LogP contribution in [0.25, 0.3) is 0 Å². The molecule has 0 saturated carbocycles. The molecule has 1 saturated heterocycles. The van der Waals surface area contributed by atoms with E-state index < -0.39 is 17.7 Å². The molecule has 0 spiro atoms. The van der Waals surface area contributed by atoms with E-state index in [1.165, 1.54) is 6.92 Å². The van der Waals surface area contributed by atoms with Gasteiger partial charge in [0.2, 0.25) is 17.7 Å². The van der Waals surface area contributed by atoms with Crippen LogP contribution in [0.3, 0.4) is 0 Å². The molecule has 0 radical (unpaired) electrons. The Bertz CT molecular complexity index is 1260. The molecule has 2 bridgehead atoms. The van der Waals surface area contributed by atoms with Gasteiger partial charge in [0.1, 0.15) is 6.54 Å². The van der Waals surface area contributed by atoms with E-state index in [2.05, 4.69) is 29.6 Å². The van der Waals surface area contributed by atoms with Gasteiger partial charge in [-0.25, -0.2) is 0 Å². The molecule has 3 amide bonds. The Morgan fingerprint density at radius 1 is 0.735 bits per heavy atom. The van der Waals surface area contributed by atoms with E-state index in [0.717, 1.165) is 27.2 Å². The summed E-state index contributed by atoms with van der Waals surface area (Å²) >= 11 is 0. The van der Waals surface area contributed by atoms with Crippen molar-refractivity contribution in [1.29, 1.82) is 0 Å². The first-order chi connectivity index (χ1) is 16.5. The molecule has 7 rings (SSSR count). The van der Waals surface area contributed by atoms with E-state index in [4.69, 9.17) is 0 Å². The number of hydrogen-bond donors (Lipinski definition) is 1. The molecule has 3 aromatic rings. The Labute approximate surface area is 196 Å². The van der Waals surface area contributed by atoms with Gasteiger partial charge in [0.25, 0.3) is 0 Å². The van der Waals surface area contributed by atoms with Gasteiger partial charge in [0.15, 0.2) is 5.78 Å². The van der Waals surface area contributed by atoms with E-state index in [0.29, 0.717) is 11.3 Å². The third-order valence-corrected chi connectivity index (χ3v) is 7.42. The predicted octanol–water partition coefficient (Wildman–Crippen LogP) is 3.72. The third kappa shape index (κ3) is 2.88. The molecule has 1 aliphatic heterocycles. The summed E-state index contributed by atoms with van der Waals surface area (Å²) in [6, 6.07) is 22.6. The number of nitrogens with one attached hydrogen (secondary N) is 1. The van der Waals surface area contributed by atoms with E-state index >= 15 is 0 Å².